The zero-order valence-corrected chi connectivity index (χ0v) is 12.1. The van der Waals surface area contributed by atoms with E-state index in [1.54, 1.807) is 23.1 Å². The average molecular weight is 293 g/mol. The van der Waals surface area contributed by atoms with Crippen molar-refractivity contribution in [1.29, 1.82) is 0 Å². The number of carbonyl (C=O) groups excluding carboxylic acids is 1. The topological polar surface area (TPSA) is 57.6 Å². The van der Waals surface area contributed by atoms with Crippen LogP contribution >= 0.6 is 0 Å². The summed E-state index contributed by atoms with van der Waals surface area (Å²) in [6.45, 7) is 2.67. The summed E-state index contributed by atoms with van der Waals surface area (Å²) >= 11 is 0. The minimum atomic E-state index is -0.852. The highest BCUT2D eigenvalue weighted by Gasteiger charge is 2.29. The van der Waals surface area contributed by atoms with Crippen molar-refractivity contribution in [3.63, 3.8) is 0 Å². The van der Waals surface area contributed by atoms with Crippen molar-refractivity contribution in [2.45, 2.75) is 32.1 Å². The van der Waals surface area contributed by atoms with Crippen LogP contribution in [0, 0.1) is 11.7 Å². The Morgan fingerprint density at radius 2 is 2.14 bits per heavy atom. The molecule has 1 amide bonds. The van der Waals surface area contributed by atoms with Crippen LogP contribution in [0.1, 0.15) is 37.7 Å². The van der Waals surface area contributed by atoms with E-state index in [-0.39, 0.29) is 30.6 Å². The van der Waals surface area contributed by atoms with Crippen molar-refractivity contribution in [1.82, 2.24) is 4.90 Å². The molecule has 1 aliphatic rings. The van der Waals surface area contributed by atoms with Gasteiger partial charge in [-0.15, -0.1) is 0 Å². The third-order valence-corrected chi connectivity index (χ3v) is 4.04. The molecule has 5 heteroatoms. The first-order valence-corrected chi connectivity index (χ1v) is 7.24. The van der Waals surface area contributed by atoms with Gasteiger partial charge in [0.2, 0.25) is 5.91 Å². The third kappa shape index (κ3) is 3.80. The van der Waals surface area contributed by atoms with Gasteiger partial charge in [0, 0.05) is 19.5 Å². The predicted octanol–water partition coefficient (Wildman–Crippen LogP) is 2.64. The number of carboxylic acid groups (broad SMARTS) is 1. The molecule has 0 spiro atoms. The van der Waals surface area contributed by atoms with Gasteiger partial charge in [-0.05, 0) is 30.4 Å². The van der Waals surface area contributed by atoms with Gasteiger partial charge < -0.3 is 10.0 Å². The summed E-state index contributed by atoms with van der Waals surface area (Å²) in [6, 6.07) is 6.44. The number of benzene rings is 1. The summed E-state index contributed by atoms with van der Waals surface area (Å²) in [5.41, 5.74) is 0.526. The molecule has 1 N–H and O–H groups in total. The molecule has 0 radical (unpaired) electrons. The molecule has 0 bridgehead atoms. The molecule has 0 aromatic heterocycles. The van der Waals surface area contributed by atoms with Crippen LogP contribution < -0.4 is 0 Å². The predicted molar refractivity (Wildman–Crippen MR) is 76.4 cm³/mol. The molecule has 1 aromatic carbocycles. The minimum absolute atomic E-state index is 0.100. The van der Waals surface area contributed by atoms with E-state index in [1.165, 1.54) is 6.07 Å². The van der Waals surface area contributed by atoms with Crippen molar-refractivity contribution >= 4 is 11.9 Å². The second kappa shape index (κ2) is 6.70. The molecule has 2 atom stereocenters. The first-order chi connectivity index (χ1) is 9.99. The Bertz CT molecular complexity index is 532. The average Bonchev–Trinajstić information content (AvgIpc) is 2.47. The third-order valence-electron chi connectivity index (χ3n) is 4.04. The van der Waals surface area contributed by atoms with E-state index in [2.05, 4.69) is 0 Å². The summed E-state index contributed by atoms with van der Waals surface area (Å²) in [6.07, 6.45) is 1.52. The fourth-order valence-corrected chi connectivity index (χ4v) is 2.78. The van der Waals surface area contributed by atoms with Crippen LogP contribution in [0.4, 0.5) is 4.39 Å². The highest BCUT2D eigenvalue weighted by molar-refractivity contribution is 5.78. The molecule has 1 aromatic rings. The number of nitrogens with zero attached hydrogens (tertiary/aromatic N) is 1. The Morgan fingerprint density at radius 1 is 1.43 bits per heavy atom. The van der Waals surface area contributed by atoms with Crippen molar-refractivity contribution in [2.75, 3.05) is 13.1 Å². The van der Waals surface area contributed by atoms with E-state index in [4.69, 9.17) is 5.11 Å². The number of halogens is 1. The van der Waals surface area contributed by atoms with E-state index in [1.807, 2.05) is 6.92 Å². The molecule has 1 fully saturated rings. The van der Waals surface area contributed by atoms with E-state index in [0.29, 0.717) is 24.9 Å². The Kier molecular flexibility index (Phi) is 4.94. The second-order valence-corrected chi connectivity index (χ2v) is 5.64. The number of amides is 1. The lowest BCUT2D eigenvalue weighted by Gasteiger charge is -2.31. The number of rotatable bonds is 4. The quantitative estimate of drug-likeness (QED) is 0.928. The lowest BCUT2D eigenvalue weighted by molar-refractivity contribution is -0.145. The summed E-state index contributed by atoms with van der Waals surface area (Å²) in [5, 5.41) is 9.05. The summed E-state index contributed by atoms with van der Waals surface area (Å²) in [7, 11) is 0. The maximum Gasteiger partial charge on any atom is 0.308 e. The largest absolute Gasteiger partial charge is 0.481 e. The summed E-state index contributed by atoms with van der Waals surface area (Å²) < 4.78 is 13.7. The summed E-state index contributed by atoms with van der Waals surface area (Å²) in [5.74, 6) is -1.96. The minimum Gasteiger partial charge on any atom is -0.481 e. The van der Waals surface area contributed by atoms with Gasteiger partial charge in [-0.3, -0.25) is 9.59 Å². The van der Waals surface area contributed by atoms with Gasteiger partial charge in [-0.25, -0.2) is 4.39 Å². The van der Waals surface area contributed by atoms with Crippen molar-refractivity contribution in [3.05, 3.63) is 35.6 Å². The number of piperidine rings is 1. The second-order valence-electron chi connectivity index (χ2n) is 5.64. The zero-order chi connectivity index (χ0) is 15.4. The van der Waals surface area contributed by atoms with E-state index in [9.17, 15) is 14.0 Å². The number of hydrogen-bond donors (Lipinski definition) is 1. The zero-order valence-electron chi connectivity index (χ0n) is 12.1. The molecule has 0 aliphatic carbocycles. The molecular formula is C16H20FNO3. The smallest absolute Gasteiger partial charge is 0.308 e. The van der Waals surface area contributed by atoms with Gasteiger partial charge in [0.25, 0.3) is 0 Å². The normalized spacial score (nSPS) is 20.1. The number of aliphatic carboxylic acids is 1. The number of hydrogen-bond acceptors (Lipinski definition) is 2. The van der Waals surface area contributed by atoms with Crippen LogP contribution in [0.25, 0.3) is 0 Å². The van der Waals surface area contributed by atoms with E-state index < -0.39 is 11.9 Å². The molecular weight excluding hydrogens is 273 g/mol. The Morgan fingerprint density at radius 3 is 2.81 bits per heavy atom. The van der Waals surface area contributed by atoms with Gasteiger partial charge in [-0.1, -0.05) is 25.1 Å². The van der Waals surface area contributed by atoms with Gasteiger partial charge >= 0.3 is 5.97 Å². The highest BCUT2D eigenvalue weighted by atomic mass is 19.1. The maximum atomic E-state index is 13.7. The highest BCUT2D eigenvalue weighted by Crippen LogP contribution is 2.24. The van der Waals surface area contributed by atoms with Crippen molar-refractivity contribution in [3.8, 4) is 0 Å². The van der Waals surface area contributed by atoms with Crippen LogP contribution in [0.2, 0.25) is 0 Å². The van der Waals surface area contributed by atoms with Gasteiger partial charge in [-0.2, -0.15) is 0 Å². The molecule has 0 saturated carbocycles. The van der Waals surface area contributed by atoms with Gasteiger partial charge in [0.05, 0.1) is 5.92 Å². The molecule has 2 rings (SSSR count). The number of carbonyl (C=O) groups is 2. The van der Waals surface area contributed by atoms with Crippen LogP contribution in [0.5, 0.6) is 0 Å². The van der Waals surface area contributed by atoms with Crippen LogP contribution in [0.15, 0.2) is 24.3 Å². The Balaban J connectivity index is 1.98. The SMILES string of the molecule is C[C@@H](CC(=O)N1CCC[C@H](C(=O)O)C1)c1ccccc1F. The molecule has 1 aliphatic heterocycles. The monoisotopic (exact) mass is 293 g/mol. The van der Waals surface area contributed by atoms with Crippen LogP contribution in [-0.2, 0) is 9.59 Å². The molecule has 21 heavy (non-hydrogen) atoms. The van der Waals surface area contributed by atoms with E-state index in [0.717, 1.165) is 0 Å². The first-order valence-electron chi connectivity index (χ1n) is 7.24. The van der Waals surface area contributed by atoms with Crippen LogP contribution in [-0.4, -0.2) is 35.0 Å². The molecule has 1 saturated heterocycles. The molecule has 0 unspecified atom stereocenters. The fourth-order valence-electron chi connectivity index (χ4n) is 2.78. The first kappa shape index (κ1) is 15.5. The number of likely N-dealkylation sites (tertiary alicyclic amines) is 1. The van der Waals surface area contributed by atoms with Crippen LogP contribution in [0.3, 0.4) is 0 Å². The fraction of sp³-hybridized carbons (Fsp3) is 0.500. The lowest BCUT2D eigenvalue weighted by Crippen LogP contribution is -2.42. The molecule has 114 valence electrons. The van der Waals surface area contributed by atoms with Crippen molar-refractivity contribution < 1.29 is 19.1 Å². The molecule has 4 nitrogen and oxygen atoms in total. The van der Waals surface area contributed by atoms with Gasteiger partial charge in [0.1, 0.15) is 5.82 Å². The standard InChI is InChI=1S/C16H20FNO3/c1-11(13-6-2-3-7-14(13)17)9-15(19)18-8-4-5-12(10-18)16(20)21/h2-3,6-7,11-12H,4-5,8-10H2,1H3,(H,20,21)/t11-,12-/m0/s1. The maximum absolute atomic E-state index is 13.7. The lowest BCUT2D eigenvalue weighted by atomic mass is 9.94. The Labute approximate surface area is 123 Å². The Hall–Kier alpha value is -1.91. The number of carboxylic acids is 1. The van der Waals surface area contributed by atoms with Gasteiger partial charge in [0.15, 0.2) is 0 Å². The van der Waals surface area contributed by atoms with E-state index >= 15 is 0 Å². The molecule has 1 heterocycles. The van der Waals surface area contributed by atoms with Crippen molar-refractivity contribution in [2.24, 2.45) is 5.92 Å². The summed E-state index contributed by atoms with van der Waals surface area (Å²) in [4.78, 5) is 24.9.